The Balaban J connectivity index is 1.96. The Kier molecular flexibility index (Phi) is 4.83. The van der Waals surface area contributed by atoms with E-state index in [4.69, 9.17) is 5.73 Å². The van der Waals surface area contributed by atoms with Crippen LogP contribution in [0.5, 0.6) is 0 Å². The van der Waals surface area contributed by atoms with Gasteiger partial charge in [0.15, 0.2) is 0 Å². The number of hydrogen-bond acceptors (Lipinski definition) is 3. The molecule has 0 atom stereocenters. The van der Waals surface area contributed by atoms with Gasteiger partial charge < -0.3 is 16.0 Å². The van der Waals surface area contributed by atoms with Crippen LogP contribution in [0.25, 0.3) is 0 Å². The first kappa shape index (κ1) is 14.4. The van der Waals surface area contributed by atoms with Crippen LogP contribution in [-0.2, 0) is 0 Å². The summed E-state index contributed by atoms with van der Waals surface area (Å²) in [7, 11) is 0. The zero-order chi connectivity index (χ0) is 13.8. The van der Waals surface area contributed by atoms with E-state index in [2.05, 4.69) is 43.1 Å². The molecule has 1 aliphatic rings. The Morgan fingerprint density at radius 2 is 1.74 bits per heavy atom. The molecular formula is C16H27N3. The molecule has 1 aromatic carbocycles. The summed E-state index contributed by atoms with van der Waals surface area (Å²) >= 11 is 0. The summed E-state index contributed by atoms with van der Waals surface area (Å²) < 4.78 is 0. The minimum atomic E-state index is 0.606. The first-order chi connectivity index (χ1) is 9.10. The zero-order valence-corrected chi connectivity index (χ0v) is 12.5. The first-order valence-electron chi connectivity index (χ1n) is 7.37. The zero-order valence-electron chi connectivity index (χ0n) is 12.5. The predicted octanol–water partition coefficient (Wildman–Crippen LogP) is 2.45. The number of rotatable bonds is 4. The van der Waals surface area contributed by atoms with Crippen LogP contribution in [0.15, 0.2) is 12.1 Å². The highest BCUT2D eigenvalue weighted by molar-refractivity contribution is 5.58. The van der Waals surface area contributed by atoms with Gasteiger partial charge in [0.25, 0.3) is 0 Å². The lowest BCUT2D eigenvalue weighted by molar-refractivity contribution is 0.224. The summed E-state index contributed by atoms with van der Waals surface area (Å²) in [4.78, 5) is 2.47. The van der Waals surface area contributed by atoms with Gasteiger partial charge in [0, 0.05) is 37.9 Å². The topological polar surface area (TPSA) is 41.3 Å². The monoisotopic (exact) mass is 261 g/mol. The van der Waals surface area contributed by atoms with E-state index < -0.39 is 0 Å². The van der Waals surface area contributed by atoms with Gasteiger partial charge in [0.1, 0.15) is 0 Å². The van der Waals surface area contributed by atoms with Crippen molar-refractivity contribution in [2.24, 2.45) is 5.73 Å². The molecule has 3 nitrogen and oxygen atoms in total. The molecule has 2 rings (SSSR count). The van der Waals surface area contributed by atoms with Gasteiger partial charge in [-0.2, -0.15) is 0 Å². The van der Waals surface area contributed by atoms with Crippen molar-refractivity contribution < 1.29 is 0 Å². The van der Waals surface area contributed by atoms with Crippen molar-refractivity contribution in [2.45, 2.75) is 39.7 Å². The molecule has 19 heavy (non-hydrogen) atoms. The van der Waals surface area contributed by atoms with Crippen LogP contribution >= 0.6 is 0 Å². The molecular weight excluding hydrogens is 234 g/mol. The summed E-state index contributed by atoms with van der Waals surface area (Å²) in [6.07, 6.45) is 2.43. The minimum absolute atomic E-state index is 0.606. The molecule has 0 aliphatic carbocycles. The molecule has 1 aromatic rings. The Labute approximate surface area is 117 Å². The Morgan fingerprint density at radius 1 is 1.16 bits per heavy atom. The molecule has 0 spiro atoms. The quantitative estimate of drug-likeness (QED) is 0.875. The number of anilines is 1. The number of nitrogens with one attached hydrogen (secondary N) is 1. The number of nitrogens with zero attached hydrogens (tertiary/aromatic N) is 1. The molecule has 1 aliphatic heterocycles. The van der Waals surface area contributed by atoms with Gasteiger partial charge >= 0.3 is 0 Å². The molecule has 1 saturated heterocycles. The third kappa shape index (κ3) is 3.71. The van der Waals surface area contributed by atoms with E-state index in [1.165, 1.54) is 48.3 Å². The molecule has 0 aromatic heterocycles. The molecule has 3 N–H and O–H groups in total. The van der Waals surface area contributed by atoms with Gasteiger partial charge in [-0.05, 0) is 44.7 Å². The third-order valence-corrected chi connectivity index (χ3v) is 4.06. The van der Waals surface area contributed by atoms with E-state index in [0.29, 0.717) is 6.04 Å². The lowest BCUT2D eigenvalue weighted by atomic mass is 10.0. The lowest BCUT2D eigenvalue weighted by Gasteiger charge is -2.33. The standard InChI is InChI=1S/C16H27N3/c1-12-10-13(2)16(14(3)11-12)18-15-4-7-19(8-5-15)9-6-17/h10-11,15,18H,4-9,17H2,1-3H3. The summed E-state index contributed by atoms with van der Waals surface area (Å²) in [5, 5.41) is 3.75. The highest BCUT2D eigenvalue weighted by Crippen LogP contribution is 2.25. The second kappa shape index (κ2) is 6.40. The fourth-order valence-electron chi connectivity index (χ4n) is 3.10. The van der Waals surface area contributed by atoms with Gasteiger partial charge in [-0.1, -0.05) is 17.7 Å². The van der Waals surface area contributed by atoms with Crippen LogP contribution in [0.2, 0.25) is 0 Å². The third-order valence-electron chi connectivity index (χ3n) is 4.06. The summed E-state index contributed by atoms with van der Waals surface area (Å²) in [5.74, 6) is 0. The summed E-state index contributed by atoms with van der Waals surface area (Å²) in [6.45, 7) is 10.7. The highest BCUT2D eigenvalue weighted by atomic mass is 15.1. The van der Waals surface area contributed by atoms with Crippen LogP contribution in [0, 0.1) is 20.8 Å². The number of hydrogen-bond donors (Lipinski definition) is 2. The van der Waals surface area contributed by atoms with Crippen molar-refractivity contribution >= 4 is 5.69 Å². The van der Waals surface area contributed by atoms with Crippen molar-refractivity contribution in [2.75, 3.05) is 31.5 Å². The maximum Gasteiger partial charge on any atom is 0.0401 e. The SMILES string of the molecule is Cc1cc(C)c(NC2CCN(CCN)CC2)c(C)c1. The number of aryl methyl sites for hydroxylation is 3. The Morgan fingerprint density at radius 3 is 2.26 bits per heavy atom. The smallest absolute Gasteiger partial charge is 0.0401 e. The molecule has 0 bridgehead atoms. The molecule has 0 saturated carbocycles. The normalized spacial score (nSPS) is 17.7. The summed E-state index contributed by atoms with van der Waals surface area (Å²) in [5.41, 5.74) is 11.0. The number of likely N-dealkylation sites (tertiary alicyclic amines) is 1. The van der Waals surface area contributed by atoms with Gasteiger partial charge in [0.2, 0.25) is 0 Å². The second-order valence-electron chi connectivity index (χ2n) is 5.82. The van der Waals surface area contributed by atoms with Crippen LogP contribution in [0.1, 0.15) is 29.5 Å². The predicted molar refractivity (Wildman–Crippen MR) is 82.8 cm³/mol. The van der Waals surface area contributed by atoms with Crippen molar-refractivity contribution in [3.8, 4) is 0 Å². The van der Waals surface area contributed by atoms with Crippen LogP contribution in [-0.4, -0.2) is 37.1 Å². The van der Waals surface area contributed by atoms with E-state index in [-0.39, 0.29) is 0 Å². The number of piperidine rings is 1. The average Bonchev–Trinajstić information content (AvgIpc) is 2.36. The molecule has 106 valence electrons. The highest BCUT2D eigenvalue weighted by Gasteiger charge is 2.19. The van der Waals surface area contributed by atoms with E-state index in [9.17, 15) is 0 Å². The lowest BCUT2D eigenvalue weighted by Crippen LogP contribution is -2.41. The van der Waals surface area contributed by atoms with Crippen molar-refractivity contribution in [1.29, 1.82) is 0 Å². The fraction of sp³-hybridized carbons (Fsp3) is 0.625. The van der Waals surface area contributed by atoms with Crippen molar-refractivity contribution in [1.82, 2.24) is 4.90 Å². The van der Waals surface area contributed by atoms with E-state index in [1.807, 2.05) is 0 Å². The van der Waals surface area contributed by atoms with Crippen LogP contribution < -0.4 is 11.1 Å². The molecule has 3 heteroatoms. The molecule has 0 amide bonds. The average molecular weight is 261 g/mol. The Bertz CT molecular complexity index is 397. The first-order valence-corrected chi connectivity index (χ1v) is 7.37. The summed E-state index contributed by atoms with van der Waals surface area (Å²) in [6, 6.07) is 5.13. The van der Waals surface area contributed by atoms with E-state index >= 15 is 0 Å². The molecule has 0 radical (unpaired) electrons. The minimum Gasteiger partial charge on any atom is -0.382 e. The van der Waals surface area contributed by atoms with E-state index in [0.717, 1.165) is 13.1 Å². The maximum atomic E-state index is 5.61. The van der Waals surface area contributed by atoms with Crippen LogP contribution in [0.4, 0.5) is 5.69 Å². The van der Waals surface area contributed by atoms with E-state index in [1.54, 1.807) is 0 Å². The number of nitrogens with two attached hydrogens (primary N) is 1. The Hall–Kier alpha value is -1.06. The van der Waals surface area contributed by atoms with Crippen LogP contribution in [0.3, 0.4) is 0 Å². The maximum absolute atomic E-state index is 5.61. The van der Waals surface area contributed by atoms with Gasteiger partial charge in [-0.15, -0.1) is 0 Å². The largest absolute Gasteiger partial charge is 0.382 e. The van der Waals surface area contributed by atoms with Crippen molar-refractivity contribution in [3.05, 3.63) is 28.8 Å². The number of benzene rings is 1. The fourth-order valence-corrected chi connectivity index (χ4v) is 3.10. The molecule has 1 fully saturated rings. The molecule has 0 unspecified atom stereocenters. The van der Waals surface area contributed by atoms with Gasteiger partial charge in [-0.25, -0.2) is 0 Å². The van der Waals surface area contributed by atoms with Gasteiger partial charge in [0.05, 0.1) is 0 Å². The second-order valence-corrected chi connectivity index (χ2v) is 5.82. The van der Waals surface area contributed by atoms with Crippen molar-refractivity contribution in [3.63, 3.8) is 0 Å². The molecule has 1 heterocycles. The van der Waals surface area contributed by atoms with Gasteiger partial charge in [-0.3, -0.25) is 0 Å².